The second-order valence-corrected chi connectivity index (χ2v) is 8.34. The Kier molecular flexibility index (Phi) is 14.2. The molecule has 3 N–H and O–H groups in total. The fourth-order valence-corrected chi connectivity index (χ4v) is 3.07. The Hall–Kier alpha value is -4.95. The number of carboxylic acid groups (broad SMARTS) is 3. The molecule has 1 atom stereocenters. The van der Waals surface area contributed by atoms with Crippen molar-refractivity contribution in [1.82, 2.24) is 24.6 Å². The fraction of sp³-hybridized carbons (Fsp3) is 0.333. The Labute approximate surface area is 246 Å². The molecule has 3 aromatic rings. The highest BCUT2D eigenvalue weighted by Crippen LogP contribution is 2.23. The van der Waals surface area contributed by atoms with Gasteiger partial charge >= 0.3 is 36.4 Å². The van der Waals surface area contributed by atoms with Gasteiger partial charge in [-0.1, -0.05) is 12.1 Å². The van der Waals surface area contributed by atoms with Crippen LogP contribution in [0.3, 0.4) is 0 Å². The van der Waals surface area contributed by atoms with Crippen LogP contribution in [0, 0.1) is 0 Å². The maximum Gasteiger partial charge on any atom is 0.490 e. The fourth-order valence-electron chi connectivity index (χ4n) is 3.07. The summed E-state index contributed by atoms with van der Waals surface area (Å²) in [4.78, 5) is 37.5. The van der Waals surface area contributed by atoms with E-state index in [-0.39, 0.29) is 6.04 Å². The maximum atomic E-state index is 10.6. The van der Waals surface area contributed by atoms with Crippen LogP contribution in [0.4, 0.5) is 39.5 Å². The molecule has 0 saturated heterocycles. The number of alkyl halides is 9. The van der Waals surface area contributed by atoms with E-state index < -0.39 is 36.4 Å². The molecule has 21 heteroatoms. The van der Waals surface area contributed by atoms with E-state index in [4.69, 9.17) is 34.4 Å². The molecule has 0 spiro atoms. The quantitative estimate of drug-likeness (QED) is 0.335. The predicted molar refractivity (Wildman–Crippen MR) is 130 cm³/mol. The predicted octanol–water partition coefficient (Wildman–Crippen LogP) is 4.21. The van der Waals surface area contributed by atoms with Crippen LogP contribution in [0.15, 0.2) is 61.2 Å². The number of hydrogen-bond donors (Lipinski definition) is 3. The number of carboxylic acids is 3. The summed E-state index contributed by atoms with van der Waals surface area (Å²) in [6.45, 7) is 3.19. The molecule has 0 radical (unpaired) electrons. The first-order valence-corrected chi connectivity index (χ1v) is 11.8. The lowest BCUT2D eigenvalue weighted by Crippen LogP contribution is -2.39. The monoisotopic (exact) mass is 663 g/mol. The number of carbonyl (C=O) groups is 3. The van der Waals surface area contributed by atoms with Gasteiger partial charge in [-0.15, -0.1) is 0 Å². The van der Waals surface area contributed by atoms with Gasteiger partial charge in [0.1, 0.15) is 6.61 Å². The average molecular weight is 663 g/mol. The minimum atomic E-state index is -5.08. The third kappa shape index (κ3) is 14.9. The SMILES string of the molecule is O=C(O)C(F)(F)F.O=C(O)C(F)(F)F.O=C(O)C(F)(F)F.c1ccc(OCC2CN(Cc3cccnc3)Cc3ccnn32)nc1. The highest BCUT2D eigenvalue weighted by Gasteiger charge is 2.39. The number of aliphatic carboxylic acids is 3. The molecule has 248 valence electrons. The van der Waals surface area contributed by atoms with Gasteiger partial charge < -0.3 is 20.1 Å². The van der Waals surface area contributed by atoms with Crippen LogP contribution in [0.5, 0.6) is 5.88 Å². The van der Waals surface area contributed by atoms with E-state index in [9.17, 15) is 39.5 Å². The summed E-state index contributed by atoms with van der Waals surface area (Å²) in [6.07, 6.45) is -7.93. The van der Waals surface area contributed by atoms with Crippen molar-refractivity contribution in [3.8, 4) is 5.88 Å². The second kappa shape index (κ2) is 16.8. The van der Waals surface area contributed by atoms with E-state index >= 15 is 0 Å². The van der Waals surface area contributed by atoms with Crippen LogP contribution in [0.25, 0.3) is 0 Å². The first-order chi connectivity index (χ1) is 20.7. The zero-order valence-corrected chi connectivity index (χ0v) is 22.3. The van der Waals surface area contributed by atoms with Gasteiger partial charge in [-0.25, -0.2) is 19.4 Å². The van der Waals surface area contributed by atoms with E-state index in [1.54, 1.807) is 12.4 Å². The number of nitrogens with zero attached hydrogens (tertiary/aromatic N) is 5. The molecule has 3 aromatic heterocycles. The van der Waals surface area contributed by atoms with Gasteiger partial charge in [0.25, 0.3) is 0 Å². The van der Waals surface area contributed by atoms with Crippen molar-refractivity contribution >= 4 is 17.9 Å². The molecule has 0 amide bonds. The van der Waals surface area contributed by atoms with E-state index in [1.165, 1.54) is 11.3 Å². The van der Waals surface area contributed by atoms with E-state index in [2.05, 4.69) is 36.8 Å². The topological polar surface area (TPSA) is 168 Å². The van der Waals surface area contributed by atoms with Crippen LogP contribution in [0.2, 0.25) is 0 Å². The van der Waals surface area contributed by atoms with Gasteiger partial charge in [0.2, 0.25) is 5.88 Å². The molecule has 0 bridgehead atoms. The number of aromatic nitrogens is 4. The number of rotatable bonds is 5. The smallest absolute Gasteiger partial charge is 0.475 e. The minimum Gasteiger partial charge on any atom is -0.475 e. The lowest BCUT2D eigenvalue weighted by Gasteiger charge is -2.33. The minimum absolute atomic E-state index is 0.169. The summed E-state index contributed by atoms with van der Waals surface area (Å²) in [5.74, 6) is -7.62. The Morgan fingerprint density at radius 3 is 1.80 bits per heavy atom. The molecule has 12 nitrogen and oxygen atoms in total. The Balaban J connectivity index is 0.000000396. The van der Waals surface area contributed by atoms with Crippen molar-refractivity contribution in [2.75, 3.05) is 13.2 Å². The molecule has 1 aliphatic heterocycles. The number of pyridine rings is 2. The number of ether oxygens (including phenoxy) is 1. The van der Waals surface area contributed by atoms with Gasteiger partial charge in [0.15, 0.2) is 0 Å². The molecule has 0 aliphatic carbocycles. The van der Waals surface area contributed by atoms with Crippen molar-refractivity contribution in [3.63, 3.8) is 0 Å². The van der Waals surface area contributed by atoms with Crippen LogP contribution in [-0.2, 0) is 27.5 Å². The van der Waals surface area contributed by atoms with Gasteiger partial charge in [-0.2, -0.15) is 44.6 Å². The van der Waals surface area contributed by atoms with Gasteiger partial charge in [0, 0.05) is 50.5 Å². The summed E-state index contributed by atoms with van der Waals surface area (Å²) >= 11 is 0. The van der Waals surface area contributed by atoms with Gasteiger partial charge in [-0.3, -0.25) is 14.6 Å². The summed E-state index contributed by atoms with van der Waals surface area (Å²) in [5, 5.41) is 25.8. The van der Waals surface area contributed by atoms with E-state index in [1.807, 2.05) is 36.7 Å². The second-order valence-electron chi connectivity index (χ2n) is 8.34. The highest BCUT2D eigenvalue weighted by atomic mass is 19.4. The van der Waals surface area contributed by atoms with E-state index in [0.29, 0.717) is 12.5 Å². The Morgan fingerprint density at radius 1 is 0.800 bits per heavy atom. The van der Waals surface area contributed by atoms with Gasteiger partial charge in [0.05, 0.1) is 11.7 Å². The third-order valence-corrected chi connectivity index (χ3v) is 4.87. The van der Waals surface area contributed by atoms with Crippen molar-refractivity contribution < 1.29 is 74.0 Å². The summed E-state index contributed by atoms with van der Waals surface area (Å²) in [6, 6.07) is 12.0. The number of fused-ring (bicyclic) bond motifs is 1. The molecule has 45 heavy (non-hydrogen) atoms. The molecule has 0 fully saturated rings. The molecule has 0 saturated carbocycles. The standard InChI is InChI=1S/C18H19N5O.3C2HF3O2/c1-2-8-20-18(5-1)24-14-17-13-22(11-15-4-3-7-19-10-15)12-16-6-9-21-23(16)17;3*3-2(4,5)1(6)7/h1-10,17H,11-14H2;3*(H,6,7). The Morgan fingerprint density at radius 2 is 1.36 bits per heavy atom. The first kappa shape index (κ1) is 38.1. The molecule has 1 unspecified atom stereocenters. The molecule has 4 rings (SSSR count). The van der Waals surface area contributed by atoms with Crippen LogP contribution in [0.1, 0.15) is 17.3 Å². The average Bonchev–Trinajstić information content (AvgIpc) is 3.41. The lowest BCUT2D eigenvalue weighted by molar-refractivity contribution is -0.193. The first-order valence-electron chi connectivity index (χ1n) is 11.8. The largest absolute Gasteiger partial charge is 0.490 e. The van der Waals surface area contributed by atoms with Crippen molar-refractivity contribution in [1.29, 1.82) is 0 Å². The zero-order valence-electron chi connectivity index (χ0n) is 22.3. The van der Waals surface area contributed by atoms with Crippen molar-refractivity contribution in [3.05, 3.63) is 72.4 Å². The normalized spacial score (nSPS) is 14.6. The van der Waals surface area contributed by atoms with Crippen LogP contribution < -0.4 is 4.74 Å². The maximum absolute atomic E-state index is 10.6. The number of halogens is 9. The zero-order chi connectivity index (χ0) is 34.4. The highest BCUT2D eigenvalue weighted by molar-refractivity contribution is 5.73. The summed E-state index contributed by atoms with van der Waals surface area (Å²) in [7, 11) is 0. The van der Waals surface area contributed by atoms with Crippen LogP contribution in [-0.4, -0.2) is 89.6 Å². The molecule has 4 heterocycles. The molecule has 1 aliphatic rings. The lowest BCUT2D eigenvalue weighted by atomic mass is 10.1. The molecule has 0 aromatic carbocycles. The van der Waals surface area contributed by atoms with Gasteiger partial charge in [-0.05, 0) is 23.8 Å². The van der Waals surface area contributed by atoms with Crippen molar-refractivity contribution in [2.45, 2.75) is 37.7 Å². The molecular weight excluding hydrogens is 641 g/mol. The van der Waals surface area contributed by atoms with E-state index in [0.717, 1.165) is 19.6 Å². The van der Waals surface area contributed by atoms with Crippen molar-refractivity contribution in [2.24, 2.45) is 0 Å². The summed E-state index contributed by atoms with van der Waals surface area (Å²) < 4.78 is 103. The molecular formula is C24H22F9N5O7. The Bertz CT molecular complexity index is 1300. The van der Waals surface area contributed by atoms with Crippen LogP contribution >= 0.6 is 0 Å². The third-order valence-electron chi connectivity index (χ3n) is 4.87. The number of hydrogen-bond acceptors (Lipinski definition) is 8. The summed E-state index contributed by atoms with van der Waals surface area (Å²) in [5.41, 5.74) is 2.43.